The van der Waals surface area contributed by atoms with Crippen molar-refractivity contribution in [2.75, 3.05) is 18.1 Å². The number of halogens is 1. The van der Waals surface area contributed by atoms with Crippen LogP contribution in [-0.2, 0) is 14.3 Å². The van der Waals surface area contributed by atoms with Gasteiger partial charge in [-0.05, 0) is 58.3 Å². The van der Waals surface area contributed by atoms with Crippen LogP contribution in [0.5, 0.6) is 0 Å². The molecule has 6 aliphatic rings. The molecule has 0 aromatic carbocycles. The largest absolute Gasteiger partial charge is 0.390 e. The summed E-state index contributed by atoms with van der Waals surface area (Å²) in [5, 5.41) is 21.6. The topological polar surface area (TPSA) is 76.0 Å². The molecule has 34 heavy (non-hydrogen) atoms. The lowest BCUT2D eigenvalue weighted by Crippen LogP contribution is -2.70. The molecule has 2 saturated heterocycles. The first-order chi connectivity index (χ1) is 15.9. The number of alkyl halides is 1. The van der Waals surface area contributed by atoms with Crippen LogP contribution in [-0.4, -0.2) is 67.5 Å². The lowest BCUT2D eigenvalue weighted by atomic mass is 9.44. The maximum Gasteiger partial charge on any atom is 0.193 e. The summed E-state index contributed by atoms with van der Waals surface area (Å²) in [6, 6.07) is 0. The van der Waals surface area contributed by atoms with Gasteiger partial charge in [0.2, 0.25) is 0 Å². The highest BCUT2D eigenvalue weighted by atomic mass is 32.2. The van der Waals surface area contributed by atoms with Gasteiger partial charge in [-0.15, -0.1) is 23.5 Å². The first-order valence-electron chi connectivity index (χ1n) is 12.8. The Morgan fingerprint density at radius 2 is 1.88 bits per heavy atom. The van der Waals surface area contributed by atoms with Crippen molar-refractivity contribution in [3.8, 4) is 0 Å². The summed E-state index contributed by atoms with van der Waals surface area (Å²) in [7, 11) is 0. The van der Waals surface area contributed by atoms with Gasteiger partial charge in [-0.25, -0.2) is 4.39 Å². The van der Waals surface area contributed by atoms with Gasteiger partial charge in [0, 0.05) is 28.3 Å². The smallest absolute Gasteiger partial charge is 0.193 e. The number of thioether (sulfide) groups is 2. The van der Waals surface area contributed by atoms with Crippen LogP contribution in [0.25, 0.3) is 0 Å². The number of allylic oxidation sites excluding steroid dienone is 1. The number of aliphatic hydroxyl groups excluding tert-OH is 2. The van der Waals surface area contributed by atoms with E-state index < -0.39 is 52.5 Å². The number of carbonyl (C=O) groups excluding carboxylic acids is 1. The van der Waals surface area contributed by atoms with Crippen molar-refractivity contribution < 1.29 is 28.9 Å². The Bertz CT molecular complexity index is 949. The Hall–Kier alpha value is -0.120. The number of rotatable bonds is 2. The number of carbonyl (C=O) groups is 1. The van der Waals surface area contributed by atoms with Gasteiger partial charge in [-0.2, -0.15) is 0 Å². The molecule has 4 aliphatic carbocycles. The zero-order chi connectivity index (χ0) is 24.4. The molecule has 2 N–H and O–H groups in total. The van der Waals surface area contributed by atoms with Gasteiger partial charge in [0.25, 0.3) is 0 Å². The maximum absolute atomic E-state index is 17.6. The SMILES string of the molecule is CC1(C)O[C@@H]2C[C@H]3[C@@H]4CCC5=CC6(CC[C@]5(C)[C@@]4(F)[C@@H](O)C[C@]3(C)[C@]2(C(=O)CO)O1)SCCS6. The third-order valence-electron chi connectivity index (χ3n) is 10.5. The normalized spacial score (nSPS) is 52.5. The van der Waals surface area contributed by atoms with Crippen molar-refractivity contribution in [1.29, 1.82) is 0 Å². The number of ketones is 1. The maximum atomic E-state index is 17.6. The van der Waals surface area contributed by atoms with Crippen molar-refractivity contribution in [3.05, 3.63) is 11.6 Å². The van der Waals surface area contributed by atoms with E-state index in [1.165, 1.54) is 5.57 Å². The van der Waals surface area contributed by atoms with Gasteiger partial charge >= 0.3 is 0 Å². The number of fused-ring (bicyclic) bond motifs is 7. The molecule has 2 heterocycles. The molecule has 8 atom stereocenters. The van der Waals surface area contributed by atoms with Gasteiger partial charge in [-0.3, -0.25) is 4.79 Å². The first-order valence-corrected chi connectivity index (χ1v) is 14.7. The van der Waals surface area contributed by atoms with Crippen LogP contribution in [0.15, 0.2) is 11.6 Å². The second kappa shape index (κ2) is 7.25. The summed E-state index contributed by atoms with van der Waals surface area (Å²) in [6.45, 7) is 6.92. The molecule has 6 rings (SSSR count). The van der Waals surface area contributed by atoms with E-state index in [-0.39, 0.29) is 22.3 Å². The van der Waals surface area contributed by atoms with E-state index in [2.05, 4.69) is 6.08 Å². The van der Waals surface area contributed by atoms with E-state index in [9.17, 15) is 15.0 Å². The summed E-state index contributed by atoms with van der Waals surface area (Å²) in [6.07, 6.45) is 4.38. The van der Waals surface area contributed by atoms with Gasteiger partial charge in [0.1, 0.15) is 12.3 Å². The number of hydrogen-bond acceptors (Lipinski definition) is 7. The van der Waals surface area contributed by atoms with E-state index >= 15 is 4.39 Å². The van der Waals surface area contributed by atoms with E-state index in [0.717, 1.165) is 30.8 Å². The summed E-state index contributed by atoms with van der Waals surface area (Å²) in [5.41, 5.74) is -3.46. The highest BCUT2D eigenvalue weighted by molar-refractivity contribution is 8.21. The van der Waals surface area contributed by atoms with E-state index in [1.54, 1.807) is 13.8 Å². The van der Waals surface area contributed by atoms with Crippen LogP contribution >= 0.6 is 23.5 Å². The molecule has 190 valence electrons. The molecule has 5 fully saturated rings. The molecule has 3 saturated carbocycles. The van der Waals surface area contributed by atoms with Gasteiger partial charge in [-0.1, -0.05) is 25.5 Å². The molecule has 1 spiro atoms. The molecule has 0 aromatic heterocycles. The van der Waals surface area contributed by atoms with Crippen LogP contribution < -0.4 is 0 Å². The fraction of sp³-hybridized carbons (Fsp3) is 0.885. The second-order valence-electron chi connectivity index (χ2n) is 12.3. The molecule has 5 nitrogen and oxygen atoms in total. The summed E-state index contributed by atoms with van der Waals surface area (Å²) < 4.78 is 30.3. The Balaban J connectivity index is 1.43. The number of aliphatic hydroxyl groups is 2. The summed E-state index contributed by atoms with van der Waals surface area (Å²) >= 11 is 3.97. The Morgan fingerprint density at radius 1 is 1.18 bits per heavy atom. The molecule has 0 unspecified atom stereocenters. The standard InChI is InChI=1S/C26H37FO5S2/c1-21(2)31-20-11-17-16-6-5-15-12-24(33-9-10-34-24)8-7-22(15,3)25(16,27)18(29)13-23(17,4)26(20,32-21)19(30)14-28/h12,16-18,20,28-29H,5-11,13-14H2,1-4H3/t16-,17-,18-,20+,22-,23-,25-,26+/m0/s1. The second-order valence-corrected chi connectivity index (χ2v) is 15.4. The van der Waals surface area contributed by atoms with Crippen molar-refractivity contribution in [2.24, 2.45) is 22.7 Å². The average molecular weight is 513 g/mol. The van der Waals surface area contributed by atoms with Crippen molar-refractivity contribution in [2.45, 2.75) is 99.6 Å². The highest BCUT2D eigenvalue weighted by Crippen LogP contribution is 2.73. The minimum Gasteiger partial charge on any atom is -0.390 e. The lowest BCUT2D eigenvalue weighted by Gasteiger charge is -2.64. The van der Waals surface area contributed by atoms with Gasteiger partial charge in [0.05, 0.1) is 16.3 Å². The number of ether oxygens (including phenoxy) is 2. The molecule has 0 aromatic rings. The first kappa shape index (κ1) is 24.2. The third-order valence-corrected chi connectivity index (χ3v) is 13.9. The Kier molecular flexibility index (Phi) is 5.17. The van der Waals surface area contributed by atoms with Crippen molar-refractivity contribution in [1.82, 2.24) is 0 Å². The van der Waals surface area contributed by atoms with Crippen LogP contribution in [0.4, 0.5) is 4.39 Å². The molecule has 0 radical (unpaired) electrons. The predicted octanol–water partition coefficient (Wildman–Crippen LogP) is 4.25. The fourth-order valence-electron chi connectivity index (χ4n) is 9.11. The molecule has 0 amide bonds. The van der Waals surface area contributed by atoms with Crippen molar-refractivity contribution >= 4 is 29.3 Å². The summed E-state index contributed by atoms with van der Waals surface area (Å²) in [5.74, 6) is 0.338. The number of Topliss-reactive ketones (excluding diaryl/α,β-unsaturated/α-hetero) is 1. The fourth-order valence-corrected chi connectivity index (χ4v) is 12.2. The Morgan fingerprint density at radius 3 is 2.56 bits per heavy atom. The minimum atomic E-state index is -1.76. The zero-order valence-electron chi connectivity index (χ0n) is 20.6. The number of hydrogen-bond donors (Lipinski definition) is 2. The zero-order valence-corrected chi connectivity index (χ0v) is 22.2. The highest BCUT2D eigenvalue weighted by Gasteiger charge is 2.80. The van der Waals surface area contributed by atoms with Crippen LogP contribution in [0.3, 0.4) is 0 Å². The van der Waals surface area contributed by atoms with Crippen molar-refractivity contribution in [3.63, 3.8) is 0 Å². The average Bonchev–Trinajstić information content (AvgIpc) is 3.40. The predicted molar refractivity (Wildman–Crippen MR) is 131 cm³/mol. The van der Waals surface area contributed by atoms with Gasteiger partial charge in [0.15, 0.2) is 17.2 Å². The Labute approximate surface area is 210 Å². The molecule has 8 heteroatoms. The summed E-state index contributed by atoms with van der Waals surface area (Å²) in [4.78, 5) is 13.3. The van der Waals surface area contributed by atoms with E-state index in [0.29, 0.717) is 12.8 Å². The monoisotopic (exact) mass is 512 g/mol. The molecular formula is C26H37FO5S2. The molecule has 2 aliphatic heterocycles. The molecular weight excluding hydrogens is 475 g/mol. The van der Waals surface area contributed by atoms with Crippen LogP contribution in [0.2, 0.25) is 0 Å². The lowest BCUT2D eigenvalue weighted by molar-refractivity contribution is -0.251. The quantitative estimate of drug-likeness (QED) is 0.536. The van der Waals surface area contributed by atoms with E-state index in [4.69, 9.17) is 9.47 Å². The van der Waals surface area contributed by atoms with Gasteiger partial charge < -0.3 is 19.7 Å². The minimum absolute atomic E-state index is 0.0709. The third kappa shape index (κ3) is 2.71. The van der Waals surface area contributed by atoms with E-state index in [1.807, 2.05) is 37.4 Å². The van der Waals surface area contributed by atoms with Crippen LogP contribution in [0, 0.1) is 22.7 Å². The molecule has 0 bridgehead atoms. The van der Waals surface area contributed by atoms with Crippen LogP contribution in [0.1, 0.15) is 66.2 Å².